The number of benzene rings is 1. The maximum absolute atomic E-state index is 13.1. The Labute approximate surface area is 187 Å². The van der Waals surface area contributed by atoms with Crippen LogP contribution in [0, 0.1) is 5.92 Å². The van der Waals surface area contributed by atoms with E-state index < -0.39 is 0 Å². The highest BCUT2D eigenvalue weighted by Crippen LogP contribution is 2.28. The average molecular weight is 430 g/mol. The third-order valence-electron chi connectivity index (χ3n) is 6.49. The van der Waals surface area contributed by atoms with Crippen LogP contribution in [0.15, 0.2) is 18.2 Å². The summed E-state index contributed by atoms with van der Waals surface area (Å²) in [6.45, 7) is 7.44. The van der Waals surface area contributed by atoms with Gasteiger partial charge in [-0.1, -0.05) is 26.7 Å². The van der Waals surface area contributed by atoms with Crippen LogP contribution in [-0.4, -0.2) is 44.2 Å². The average Bonchev–Trinajstić information content (AvgIpc) is 3.32. The summed E-state index contributed by atoms with van der Waals surface area (Å²) in [6, 6.07) is 5.78. The molecule has 0 aromatic heterocycles. The predicted octanol–water partition coefficient (Wildman–Crippen LogP) is 4.74. The predicted molar refractivity (Wildman–Crippen MR) is 126 cm³/mol. The van der Waals surface area contributed by atoms with Gasteiger partial charge in [-0.2, -0.15) is 0 Å². The Morgan fingerprint density at radius 3 is 2.65 bits per heavy atom. The molecular weight excluding hydrogens is 390 g/mol. The third kappa shape index (κ3) is 6.70. The topological polar surface area (TPSA) is 70.7 Å². The smallest absolute Gasteiger partial charge is 0.253 e. The van der Waals surface area contributed by atoms with E-state index in [0.29, 0.717) is 17.8 Å². The molecule has 6 heteroatoms. The highest BCUT2D eigenvalue weighted by molar-refractivity contribution is 6.02. The first-order valence-electron chi connectivity index (χ1n) is 12.2. The number of nitrogens with zero attached hydrogens (tertiary/aromatic N) is 1. The van der Waals surface area contributed by atoms with Crippen LogP contribution in [0.5, 0.6) is 0 Å². The zero-order valence-electron chi connectivity index (χ0n) is 19.3. The molecule has 0 unspecified atom stereocenters. The van der Waals surface area contributed by atoms with E-state index in [1.54, 1.807) is 0 Å². The van der Waals surface area contributed by atoms with E-state index in [0.717, 1.165) is 76.8 Å². The van der Waals surface area contributed by atoms with Gasteiger partial charge in [-0.15, -0.1) is 0 Å². The molecule has 0 radical (unpaired) electrons. The molecule has 2 saturated heterocycles. The Balaban J connectivity index is 1.75. The summed E-state index contributed by atoms with van der Waals surface area (Å²) < 4.78 is 5.65. The second-order valence-electron chi connectivity index (χ2n) is 8.86. The van der Waals surface area contributed by atoms with Gasteiger partial charge in [-0.25, -0.2) is 0 Å². The minimum atomic E-state index is -0.0924. The molecule has 2 aliphatic heterocycles. The minimum absolute atomic E-state index is 0.0125. The Hall–Kier alpha value is -2.08. The van der Waals surface area contributed by atoms with E-state index >= 15 is 0 Å². The summed E-state index contributed by atoms with van der Waals surface area (Å²) in [5.41, 5.74) is 2.29. The minimum Gasteiger partial charge on any atom is -0.376 e. The number of carbonyl (C=O) groups is 2. The summed E-state index contributed by atoms with van der Waals surface area (Å²) in [6.07, 6.45) is 9.54. The van der Waals surface area contributed by atoms with Crippen molar-refractivity contribution in [3.8, 4) is 0 Å². The van der Waals surface area contributed by atoms with Gasteiger partial charge in [0.05, 0.1) is 11.7 Å². The van der Waals surface area contributed by atoms with Crippen molar-refractivity contribution >= 4 is 23.2 Å². The van der Waals surface area contributed by atoms with Crippen LogP contribution < -0.4 is 15.5 Å². The van der Waals surface area contributed by atoms with Crippen molar-refractivity contribution in [2.24, 2.45) is 5.92 Å². The van der Waals surface area contributed by atoms with Crippen LogP contribution in [0.1, 0.15) is 82.0 Å². The molecule has 1 aromatic carbocycles. The van der Waals surface area contributed by atoms with Gasteiger partial charge in [0.25, 0.3) is 5.91 Å². The van der Waals surface area contributed by atoms with E-state index in [1.165, 1.54) is 6.42 Å². The molecule has 2 atom stereocenters. The largest absolute Gasteiger partial charge is 0.376 e. The van der Waals surface area contributed by atoms with Gasteiger partial charge in [0.15, 0.2) is 0 Å². The van der Waals surface area contributed by atoms with Gasteiger partial charge >= 0.3 is 0 Å². The number of nitrogens with one attached hydrogen (secondary N) is 2. The highest BCUT2D eigenvalue weighted by atomic mass is 16.5. The molecule has 6 nitrogen and oxygen atoms in total. The van der Waals surface area contributed by atoms with Crippen LogP contribution >= 0.6 is 0 Å². The molecular formula is C25H39N3O3. The van der Waals surface area contributed by atoms with Gasteiger partial charge in [0.2, 0.25) is 5.91 Å². The molecule has 172 valence electrons. The van der Waals surface area contributed by atoms with Crippen LogP contribution in [0.25, 0.3) is 0 Å². The van der Waals surface area contributed by atoms with Crippen LogP contribution in [0.3, 0.4) is 0 Å². The van der Waals surface area contributed by atoms with Crippen molar-refractivity contribution in [1.29, 1.82) is 0 Å². The quantitative estimate of drug-likeness (QED) is 0.564. The van der Waals surface area contributed by atoms with Gasteiger partial charge < -0.3 is 20.3 Å². The fraction of sp³-hybridized carbons (Fsp3) is 0.680. The molecule has 0 saturated carbocycles. The standard InChI is InChI=1S/C25H39N3O3/c1-3-5-10-19(4-2)24(29)27-20-12-13-23(28-14-7-6-8-15-28)22(17-20)25(30)26-18-21-11-9-16-31-21/h12-13,17,19,21H,3-11,14-16,18H2,1-2H3,(H,26,30)(H,27,29)/t19-,21+/m0/s1. The number of rotatable bonds is 10. The summed E-state index contributed by atoms with van der Waals surface area (Å²) in [7, 11) is 0. The summed E-state index contributed by atoms with van der Waals surface area (Å²) in [4.78, 5) is 28.2. The van der Waals surface area contributed by atoms with Crippen molar-refractivity contribution in [3.05, 3.63) is 23.8 Å². The van der Waals surface area contributed by atoms with Crippen LogP contribution in [0.2, 0.25) is 0 Å². The van der Waals surface area contributed by atoms with Gasteiger partial charge in [0.1, 0.15) is 0 Å². The molecule has 2 fully saturated rings. The summed E-state index contributed by atoms with van der Waals surface area (Å²) in [5.74, 6) is -0.0314. The second kappa shape index (κ2) is 12.1. The summed E-state index contributed by atoms with van der Waals surface area (Å²) in [5, 5.41) is 6.12. The van der Waals surface area contributed by atoms with Crippen molar-refractivity contribution in [2.45, 2.75) is 77.7 Å². The Bertz CT molecular complexity index is 725. The lowest BCUT2D eigenvalue weighted by atomic mass is 9.98. The van der Waals surface area contributed by atoms with Crippen molar-refractivity contribution in [3.63, 3.8) is 0 Å². The van der Waals surface area contributed by atoms with Crippen molar-refractivity contribution in [2.75, 3.05) is 36.5 Å². The highest BCUT2D eigenvalue weighted by Gasteiger charge is 2.23. The molecule has 2 N–H and O–H groups in total. The molecule has 0 bridgehead atoms. The third-order valence-corrected chi connectivity index (χ3v) is 6.49. The lowest BCUT2D eigenvalue weighted by molar-refractivity contribution is -0.120. The van der Waals surface area contributed by atoms with Gasteiger partial charge in [-0.3, -0.25) is 9.59 Å². The van der Waals surface area contributed by atoms with E-state index in [2.05, 4.69) is 29.4 Å². The molecule has 31 heavy (non-hydrogen) atoms. The van der Waals surface area contributed by atoms with Crippen molar-refractivity contribution < 1.29 is 14.3 Å². The molecule has 1 aromatic rings. The first-order valence-corrected chi connectivity index (χ1v) is 12.2. The first-order chi connectivity index (χ1) is 15.1. The Morgan fingerprint density at radius 1 is 1.16 bits per heavy atom. The van der Waals surface area contributed by atoms with Crippen LogP contribution in [0.4, 0.5) is 11.4 Å². The number of hydrogen-bond acceptors (Lipinski definition) is 4. The fourth-order valence-electron chi connectivity index (χ4n) is 4.53. The Morgan fingerprint density at radius 2 is 1.97 bits per heavy atom. The number of carbonyl (C=O) groups excluding carboxylic acids is 2. The number of unbranched alkanes of at least 4 members (excludes halogenated alkanes) is 1. The molecule has 2 heterocycles. The zero-order valence-corrected chi connectivity index (χ0v) is 19.3. The maximum Gasteiger partial charge on any atom is 0.253 e. The van der Waals surface area contributed by atoms with Crippen molar-refractivity contribution in [1.82, 2.24) is 5.32 Å². The first kappa shape index (κ1) is 23.6. The molecule has 0 spiro atoms. The molecule has 0 aliphatic carbocycles. The van der Waals surface area contributed by atoms with Crippen LogP contribution in [-0.2, 0) is 9.53 Å². The van der Waals surface area contributed by atoms with E-state index in [1.807, 2.05) is 18.2 Å². The number of amides is 2. The molecule has 2 aliphatic rings. The van der Waals surface area contributed by atoms with E-state index in [-0.39, 0.29) is 23.8 Å². The fourth-order valence-corrected chi connectivity index (χ4v) is 4.53. The normalized spacial score (nSPS) is 19.8. The molecule has 2 amide bonds. The number of anilines is 2. The second-order valence-corrected chi connectivity index (χ2v) is 8.86. The number of hydrogen-bond donors (Lipinski definition) is 2. The lowest BCUT2D eigenvalue weighted by Crippen LogP contribution is -2.35. The SMILES string of the molecule is CCCC[C@H](CC)C(=O)Nc1ccc(N2CCCCC2)c(C(=O)NC[C@H]2CCCO2)c1. The van der Waals surface area contributed by atoms with E-state index in [4.69, 9.17) is 4.74 Å². The van der Waals surface area contributed by atoms with E-state index in [9.17, 15) is 9.59 Å². The summed E-state index contributed by atoms with van der Waals surface area (Å²) >= 11 is 0. The number of ether oxygens (including phenoxy) is 1. The molecule has 3 rings (SSSR count). The Kier molecular flexibility index (Phi) is 9.19. The van der Waals surface area contributed by atoms with Gasteiger partial charge in [0, 0.05) is 43.5 Å². The maximum atomic E-state index is 13.1. The van der Waals surface area contributed by atoms with Gasteiger partial charge in [-0.05, 0) is 63.1 Å². The zero-order chi connectivity index (χ0) is 22.1. The monoisotopic (exact) mass is 429 g/mol. The lowest BCUT2D eigenvalue weighted by Gasteiger charge is -2.30. The number of piperidine rings is 1.